The van der Waals surface area contributed by atoms with Gasteiger partial charge in [0, 0.05) is 18.6 Å². The molecule has 0 spiro atoms. The number of nitrogens with two attached hydrogens (primary N) is 1. The molecule has 2 rings (SSSR count). The lowest BCUT2D eigenvalue weighted by Crippen LogP contribution is -2.49. The molecule has 0 amide bonds. The molecule has 17 heavy (non-hydrogen) atoms. The standard InChI is InChI=1S/C14H21NO2/c1-11-5-3-4-6-12(11)13(2,16)14(9-15)7-8-17-10-14/h3-6,16H,7-10,15H2,1-2H3. The Labute approximate surface area is 103 Å². The summed E-state index contributed by atoms with van der Waals surface area (Å²) in [5.41, 5.74) is 6.65. The molecule has 0 aliphatic carbocycles. The van der Waals surface area contributed by atoms with E-state index in [1.54, 1.807) is 0 Å². The van der Waals surface area contributed by atoms with E-state index in [-0.39, 0.29) is 5.41 Å². The van der Waals surface area contributed by atoms with Crippen LogP contribution in [0.2, 0.25) is 0 Å². The van der Waals surface area contributed by atoms with Gasteiger partial charge in [-0.1, -0.05) is 24.3 Å². The van der Waals surface area contributed by atoms with Crippen molar-refractivity contribution in [3.8, 4) is 0 Å². The molecule has 1 aromatic carbocycles. The van der Waals surface area contributed by atoms with Crippen molar-refractivity contribution in [3.05, 3.63) is 35.4 Å². The Bertz CT molecular complexity index is 395. The van der Waals surface area contributed by atoms with Crippen molar-refractivity contribution >= 4 is 0 Å². The van der Waals surface area contributed by atoms with Crippen molar-refractivity contribution in [1.29, 1.82) is 0 Å². The van der Waals surface area contributed by atoms with Crippen molar-refractivity contribution in [1.82, 2.24) is 0 Å². The summed E-state index contributed by atoms with van der Waals surface area (Å²) >= 11 is 0. The highest BCUT2D eigenvalue weighted by atomic mass is 16.5. The van der Waals surface area contributed by atoms with Gasteiger partial charge >= 0.3 is 0 Å². The SMILES string of the molecule is Cc1ccccc1C(C)(O)C1(CN)CCOC1. The van der Waals surface area contributed by atoms with E-state index in [0.29, 0.717) is 19.8 Å². The number of benzene rings is 1. The first kappa shape index (κ1) is 12.6. The minimum atomic E-state index is -0.941. The van der Waals surface area contributed by atoms with Gasteiger partial charge in [-0.25, -0.2) is 0 Å². The molecular weight excluding hydrogens is 214 g/mol. The highest BCUT2D eigenvalue weighted by Crippen LogP contribution is 2.45. The van der Waals surface area contributed by atoms with Gasteiger partial charge in [0.2, 0.25) is 0 Å². The maximum Gasteiger partial charge on any atom is 0.0962 e. The fourth-order valence-corrected chi connectivity index (χ4v) is 2.76. The third-order valence-corrected chi connectivity index (χ3v) is 4.20. The Kier molecular flexibility index (Phi) is 3.25. The number of rotatable bonds is 3. The molecule has 3 heteroatoms. The van der Waals surface area contributed by atoms with Crippen LogP contribution in [0.1, 0.15) is 24.5 Å². The summed E-state index contributed by atoms with van der Waals surface area (Å²) in [6, 6.07) is 7.93. The second-order valence-electron chi connectivity index (χ2n) is 5.17. The van der Waals surface area contributed by atoms with Gasteiger partial charge in [-0.2, -0.15) is 0 Å². The zero-order chi connectivity index (χ0) is 12.5. The van der Waals surface area contributed by atoms with Crippen LogP contribution in [-0.4, -0.2) is 24.9 Å². The monoisotopic (exact) mass is 235 g/mol. The number of hydrogen-bond donors (Lipinski definition) is 2. The van der Waals surface area contributed by atoms with Crippen molar-refractivity contribution < 1.29 is 9.84 Å². The molecule has 0 saturated carbocycles. The molecule has 2 atom stereocenters. The van der Waals surface area contributed by atoms with Gasteiger partial charge in [0.1, 0.15) is 0 Å². The van der Waals surface area contributed by atoms with Crippen molar-refractivity contribution in [3.63, 3.8) is 0 Å². The summed E-state index contributed by atoms with van der Waals surface area (Å²) in [6.45, 7) is 5.53. The molecule has 0 radical (unpaired) electrons. The molecule has 0 bridgehead atoms. The Morgan fingerprint density at radius 3 is 2.71 bits per heavy atom. The summed E-state index contributed by atoms with van der Waals surface area (Å²) in [6.07, 6.45) is 0.810. The van der Waals surface area contributed by atoms with Gasteiger partial charge in [0.15, 0.2) is 0 Å². The first-order valence-corrected chi connectivity index (χ1v) is 6.10. The number of aryl methyl sites for hydroxylation is 1. The minimum absolute atomic E-state index is 0.362. The number of aliphatic hydroxyl groups is 1. The second kappa shape index (κ2) is 4.41. The zero-order valence-corrected chi connectivity index (χ0v) is 10.6. The van der Waals surface area contributed by atoms with Crippen molar-refractivity contribution in [2.45, 2.75) is 25.9 Å². The predicted molar refractivity (Wildman–Crippen MR) is 67.7 cm³/mol. The lowest BCUT2D eigenvalue weighted by atomic mass is 9.68. The van der Waals surface area contributed by atoms with Gasteiger partial charge in [-0.15, -0.1) is 0 Å². The number of hydrogen-bond acceptors (Lipinski definition) is 3. The van der Waals surface area contributed by atoms with Crippen LogP contribution in [0.5, 0.6) is 0 Å². The maximum absolute atomic E-state index is 11.0. The Balaban J connectivity index is 2.45. The van der Waals surface area contributed by atoms with Crippen LogP contribution in [0.25, 0.3) is 0 Å². The lowest BCUT2D eigenvalue weighted by molar-refractivity contribution is -0.0751. The fraction of sp³-hybridized carbons (Fsp3) is 0.571. The molecule has 2 unspecified atom stereocenters. The average molecular weight is 235 g/mol. The van der Waals surface area contributed by atoms with Crippen LogP contribution in [-0.2, 0) is 10.3 Å². The summed E-state index contributed by atoms with van der Waals surface area (Å²) in [4.78, 5) is 0. The smallest absolute Gasteiger partial charge is 0.0962 e. The van der Waals surface area contributed by atoms with E-state index in [1.165, 1.54) is 0 Å². The van der Waals surface area contributed by atoms with Crippen molar-refractivity contribution in [2.75, 3.05) is 19.8 Å². The molecule has 1 saturated heterocycles. The van der Waals surface area contributed by atoms with Gasteiger partial charge < -0.3 is 15.6 Å². The highest BCUT2D eigenvalue weighted by molar-refractivity contribution is 5.33. The van der Waals surface area contributed by atoms with E-state index in [1.807, 2.05) is 38.1 Å². The van der Waals surface area contributed by atoms with Gasteiger partial charge in [0.05, 0.1) is 12.2 Å². The summed E-state index contributed by atoms with van der Waals surface area (Å²) in [7, 11) is 0. The van der Waals surface area contributed by atoms with Crippen molar-refractivity contribution in [2.24, 2.45) is 11.1 Å². The minimum Gasteiger partial charge on any atom is -0.385 e. The van der Waals surface area contributed by atoms with E-state index in [9.17, 15) is 5.11 Å². The molecular formula is C14H21NO2. The Morgan fingerprint density at radius 1 is 1.47 bits per heavy atom. The normalized spacial score (nSPS) is 28.0. The van der Waals surface area contributed by atoms with Crippen LogP contribution in [0.15, 0.2) is 24.3 Å². The topological polar surface area (TPSA) is 55.5 Å². The van der Waals surface area contributed by atoms with E-state index >= 15 is 0 Å². The van der Waals surface area contributed by atoms with Crippen LogP contribution >= 0.6 is 0 Å². The van der Waals surface area contributed by atoms with Gasteiger partial charge in [-0.3, -0.25) is 0 Å². The van der Waals surface area contributed by atoms with E-state index in [2.05, 4.69) is 0 Å². The number of ether oxygens (including phenoxy) is 1. The van der Waals surface area contributed by atoms with Crippen LogP contribution in [0.3, 0.4) is 0 Å². The first-order valence-electron chi connectivity index (χ1n) is 6.10. The molecule has 0 aromatic heterocycles. The molecule has 1 heterocycles. The third kappa shape index (κ3) is 1.88. The van der Waals surface area contributed by atoms with Gasteiger partial charge in [-0.05, 0) is 31.4 Å². The largest absolute Gasteiger partial charge is 0.385 e. The lowest BCUT2D eigenvalue weighted by Gasteiger charge is -2.42. The summed E-state index contributed by atoms with van der Waals surface area (Å²) in [5, 5.41) is 11.0. The molecule has 1 fully saturated rings. The van der Waals surface area contributed by atoms with Crippen LogP contribution < -0.4 is 5.73 Å². The summed E-state index contributed by atoms with van der Waals surface area (Å²) in [5.74, 6) is 0. The molecule has 1 aliphatic rings. The third-order valence-electron chi connectivity index (χ3n) is 4.20. The Hall–Kier alpha value is -0.900. The van der Waals surface area contributed by atoms with E-state index < -0.39 is 5.60 Å². The summed E-state index contributed by atoms with van der Waals surface area (Å²) < 4.78 is 5.46. The quantitative estimate of drug-likeness (QED) is 0.836. The Morgan fingerprint density at radius 2 is 2.18 bits per heavy atom. The van der Waals surface area contributed by atoms with Crippen LogP contribution in [0.4, 0.5) is 0 Å². The highest BCUT2D eigenvalue weighted by Gasteiger charge is 2.50. The second-order valence-corrected chi connectivity index (χ2v) is 5.17. The van der Waals surface area contributed by atoms with E-state index in [0.717, 1.165) is 17.5 Å². The predicted octanol–water partition coefficient (Wildman–Crippen LogP) is 1.57. The molecule has 3 nitrogen and oxygen atoms in total. The molecule has 3 N–H and O–H groups in total. The molecule has 1 aliphatic heterocycles. The first-order chi connectivity index (χ1) is 8.03. The van der Waals surface area contributed by atoms with Gasteiger partial charge in [0.25, 0.3) is 0 Å². The van der Waals surface area contributed by atoms with E-state index in [4.69, 9.17) is 10.5 Å². The maximum atomic E-state index is 11.0. The zero-order valence-electron chi connectivity index (χ0n) is 10.6. The fourth-order valence-electron chi connectivity index (χ4n) is 2.76. The molecule has 94 valence electrons. The average Bonchev–Trinajstić information content (AvgIpc) is 2.79. The van der Waals surface area contributed by atoms with Crippen LogP contribution in [0, 0.1) is 12.3 Å². The molecule has 1 aromatic rings.